The first kappa shape index (κ1) is 13.9. The van der Waals surface area contributed by atoms with Gasteiger partial charge in [-0.05, 0) is 47.5 Å². The molecule has 0 saturated carbocycles. The van der Waals surface area contributed by atoms with E-state index in [0.717, 1.165) is 24.4 Å². The molecule has 2 heterocycles. The maximum absolute atomic E-state index is 11.6. The summed E-state index contributed by atoms with van der Waals surface area (Å²) in [5, 5.41) is 3.32. The van der Waals surface area contributed by atoms with Crippen LogP contribution in [0.4, 0.5) is 5.69 Å². The smallest absolute Gasteiger partial charge is 0.250 e. The van der Waals surface area contributed by atoms with Gasteiger partial charge in [0, 0.05) is 18.8 Å². The van der Waals surface area contributed by atoms with E-state index in [4.69, 9.17) is 4.42 Å². The highest BCUT2D eigenvalue weighted by Crippen LogP contribution is 2.23. The SMILES string of the molecule is CCCn1cc(NC(C)c2ccc(Br)o2)ccc1=O. The second kappa shape index (κ2) is 6.10. The number of rotatable bonds is 5. The lowest BCUT2D eigenvalue weighted by Crippen LogP contribution is -2.19. The fourth-order valence-corrected chi connectivity index (χ4v) is 2.23. The van der Waals surface area contributed by atoms with E-state index in [1.54, 1.807) is 16.7 Å². The summed E-state index contributed by atoms with van der Waals surface area (Å²) in [7, 11) is 0. The van der Waals surface area contributed by atoms with Crippen molar-refractivity contribution in [1.29, 1.82) is 0 Å². The molecule has 0 spiro atoms. The molecule has 1 atom stereocenters. The summed E-state index contributed by atoms with van der Waals surface area (Å²) in [6.07, 6.45) is 2.78. The Morgan fingerprint density at radius 3 is 2.79 bits per heavy atom. The predicted octanol–water partition coefficient (Wildman–Crippen LogP) is 3.79. The third kappa shape index (κ3) is 3.50. The minimum atomic E-state index is 0.0285. The molecule has 102 valence electrons. The quantitative estimate of drug-likeness (QED) is 0.910. The summed E-state index contributed by atoms with van der Waals surface area (Å²) in [6.45, 7) is 4.80. The number of aromatic nitrogens is 1. The van der Waals surface area contributed by atoms with Crippen LogP contribution >= 0.6 is 15.9 Å². The Bertz CT molecular complexity index is 603. The standard InChI is InChI=1S/C14H17BrN2O2/c1-3-8-17-9-11(4-7-14(17)18)16-10(2)12-5-6-13(15)19-12/h4-7,9-10,16H,3,8H2,1-2H3. The number of anilines is 1. The molecule has 0 radical (unpaired) electrons. The Hall–Kier alpha value is -1.49. The summed E-state index contributed by atoms with van der Waals surface area (Å²) in [6, 6.07) is 7.21. The number of aryl methyl sites for hydroxylation is 1. The second-order valence-electron chi connectivity index (χ2n) is 4.46. The lowest BCUT2D eigenvalue weighted by atomic mass is 10.2. The number of hydrogen-bond donors (Lipinski definition) is 1. The molecule has 0 aromatic carbocycles. The number of nitrogens with one attached hydrogen (secondary N) is 1. The van der Waals surface area contributed by atoms with Crippen LogP contribution in [0.1, 0.15) is 32.1 Å². The molecular formula is C14H17BrN2O2. The Morgan fingerprint density at radius 2 is 2.16 bits per heavy atom. The average Bonchev–Trinajstić information content (AvgIpc) is 2.80. The third-order valence-corrected chi connectivity index (χ3v) is 3.28. The first-order valence-electron chi connectivity index (χ1n) is 6.32. The highest BCUT2D eigenvalue weighted by Gasteiger charge is 2.10. The Morgan fingerprint density at radius 1 is 1.37 bits per heavy atom. The van der Waals surface area contributed by atoms with Crippen molar-refractivity contribution >= 4 is 21.6 Å². The summed E-state index contributed by atoms with van der Waals surface area (Å²) < 4.78 is 7.93. The molecule has 2 aromatic rings. The van der Waals surface area contributed by atoms with E-state index in [1.807, 2.05) is 25.3 Å². The highest BCUT2D eigenvalue weighted by atomic mass is 79.9. The largest absolute Gasteiger partial charge is 0.452 e. The van der Waals surface area contributed by atoms with Crippen LogP contribution in [-0.4, -0.2) is 4.57 Å². The Balaban J connectivity index is 2.14. The van der Waals surface area contributed by atoms with Gasteiger partial charge in [0.2, 0.25) is 0 Å². The zero-order valence-corrected chi connectivity index (χ0v) is 12.6. The Labute approximate surface area is 120 Å². The van der Waals surface area contributed by atoms with Gasteiger partial charge in [-0.25, -0.2) is 0 Å². The molecule has 0 saturated heterocycles. The van der Waals surface area contributed by atoms with Gasteiger partial charge in [0.1, 0.15) is 5.76 Å². The first-order valence-corrected chi connectivity index (χ1v) is 7.11. The maximum Gasteiger partial charge on any atom is 0.250 e. The van der Waals surface area contributed by atoms with E-state index in [0.29, 0.717) is 4.67 Å². The zero-order chi connectivity index (χ0) is 13.8. The van der Waals surface area contributed by atoms with Gasteiger partial charge in [-0.2, -0.15) is 0 Å². The van der Waals surface area contributed by atoms with Crippen molar-refractivity contribution in [2.24, 2.45) is 0 Å². The molecule has 0 amide bonds. The molecule has 0 bridgehead atoms. The van der Waals surface area contributed by atoms with Crippen LogP contribution in [0.2, 0.25) is 0 Å². The lowest BCUT2D eigenvalue weighted by molar-refractivity contribution is 0.470. The van der Waals surface area contributed by atoms with Crippen LogP contribution in [0.15, 0.2) is 44.3 Å². The van der Waals surface area contributed by atoms with Crippen LogP contribution < -0.4 is 10.9 Å². The number of halogens is 1. The predicted molar refractivity (Wildman–Crippen MR) is 79.4 cm³/mol. The number of nitrogens with zero attached hydrogens (tertiary/aromatic N) is 1. The molecule has 0 aliphatic carbocycles. The molecule has 2 aromatic heterocycles. The van der Waals surface area contributed by atoms with Crippen LogP contribution in [0, 0.1) is 0 Å². The first-order chi connectivity index (χ1) is 9.10. The number of pyridine rings is 1. The molecule has 0 aliphatic heterocycles. The van der Waals surface area contributed by atoms with E-state index in [2.05, 4.69) is 28.2 Å². The van der Waals surface area contributed by atoms with E-state index < -0.39 is 0 Å². The fraction of sp³-hybridized carbons (Fsp3) is 0.357. The molecule has 4 nitrogen and oxygen atoms in total. The van der Waals surface area contributed by atoms with Crippen molar-refractivity contribution in [2.45, 2.75) is 32.9 Å². The van der Waals surface area contributed by atoms with Gasteiger partial charge in [-0.3, -0.25) is 4.79 Å². The molecule has 19 heavy (non-hydrogen) atoms. The van der Waals surface area contributed by atoms with Crippen LogP contribution in [0.25, 0.3) is 0 Å². The van der Waals surface area contributed by atoms with Crippen molar-refractivity contribution in [2.75, 3.05) is 5.32 Å². The number of furan rings is 1. The van der Waals surface area contributed by atoms with Crippen molar-refractivity contribution in [1.82, 2.24) is 4.57 Å². The average molecular weight is 325 g/mol. The van der Waals surface area contributed by atoms with E-state index in [1.165, 1.54) is 0 Å². The number of hydrogen-bond acceptors (Lipinski definition) is 3. The van der Waals surface area contributed by atoms with Gasteiger partial charge in [0.05, 0.1) is 11.7 Å². The minimum Gasteiger partial charge on any atom is -0.452 e. The van der Waals surface area contributed by atoms with Gasteiger partial charge in [-0.1, -0.05) is 6.92 Å². The Kier molecular flexibility index (Phi) is 4.47. The maximum atomic E-state index is 11.6. The molecule has 2 rings (SSSR count). The normalized spacial score (nSPS) is 12.4. The van der Waals surface area contributed by atoms with Gasteiger partial charge in [-0.15, -0.1) is 0 Å². The zero-order valence-electron chi connectivity index (χ0n) is 11.0. The van der Waals surface area contributed by atoms with Gasteiger partial charge < -0.3 is 14.3 Å². The van der Waals surface area contributed by atoms with Crippen LogP contribution in [0.5, 0.6) is 0 Å². The molecular weight excluding hydrogens is 308 g/mol. The topological polar surface area (TPSA) is 47.2 Å². The summed E-state index contributed by atoms with van der Waals surface area (Å²) in [5.41, 5.74) is 0.939. The third-order valence-electron chi connectivity index (χ3n) is 2.85. The minimum absolute atomic E-state index is 0.0285. The monoisotopic (exact) mass is 324 g/mol. The van der Waals surface area contributed by atoms with Crippen molar-refractivity contribution in [3.8, 4) is 0 Å². The van der Waals surface area contributed by atoms with Crippen LogP contribution in [-0.2, 0) is 6.54 Å². The van der Waals surface area contributed by atoms with E-state index >= 15 is 0 Å². The summed E-state index contributed by atoms with van der Waals surface area (Å²) >= 11 is 3.29. The van der Waals surface area contributed by atoms with E-state index in [9.17, 15) is 4.79 Å². The fourth-order valence-electron chi connectivity index (χ4n) is 1.91. The summed E-state index contributed by atoms with van der Waals surface area (Å²) in [5.74, 6) is 0.847. The van der Waals surface area contributed by atoms with Gasteiger partial charge in [0.15, 0.2) is 4.67 Å². The molecule has 1 N–H and O–H groups in total. The second-order valence-corrected chi connectivity index (χ2v) is 5.24. The van der Waals surface area contributed by atoms with Gasteiger partial charge in [0.25, 0.3) is 5.56 Å². The molecule has 5 heteroatoms. The van der Waals surface area contributed by atoms with Crippen molar-refractivity contribution in [3.63, 3.8) is 0 Å². The van der Waals surface area contributed by atoms with E-state index in [-0.39, 0.29) is 11.6 Å². The summed E-state index contributed by atoms with van der Waals surface area (Å²) in [4.78, 5) is 11.6. The molecule has 1 unspecified atom stereocenters. The van der Waals surface area contributed by atoms with Crippen LogP contribution in [0.3, 0.4) is 0 Å². The molecule has 0 aliphatic rings. The van der Waals surface area contributed by atoms with Crippen molar-refractivity contribution < 1.29 is 4.42 Å². The van der Waals surface area contributed by atoms with Crippen molar-refractivity contribution in [3.05, 3.63) is 51.2 Å². The lowest BCUT2D eigenvalue weighted by Gasteiger charge is -2.14. The molecule has 0 fully saturated rings. The van der Waals surface area contributed by atoms with Gasteiger partial charge >= 0.3 is 0 Å². The highest BCUT2D eigenvalue weighted by molar-refractivity contribution is 9.10.